The van der Waals surface area contributed by atoms with Crippen LogP contribution in [0.1, 0.15) is 22.3 Å². The standard InChI is InChI=1S/C26H27ClN4O3S/c1-16-10-17(2)25(18(3)11-16)30-24(32)15-34-22-9-8-19(12-23(22)33-4)14-28-31-26(35)29-21-7-5-6-20(27)13-21/h5-14H,15H2,1-4H3,(H,30,32)(H2,29,31,35)/b28-14+. The number of thiocarbonyl (C=S) groups is 1. The number of nitrogens with zero attached hydrogens (tertiary/aromatic N) is 1. The molecule has 0 spiro atoms. The minimum Gasteiger partial charge on any atom is -0.493 e. The lowest BCUT2D eigenvalue weighted by atomic mass is 10.1. The van der Waals surface area contributed by atoms with Gasteiger partial charge in [0, 0.05) is 16.4 Å². The van der Waals surface area contributed by atoms with E-state index in [1.54, 1.807) is 36.5 Å². The molecule has 0 aromatic heterocycles. The number of methoxy groups -OCH3 is 1. The summed E-state index contributed by atoms with van der Waals surface area (Å²) >= 11 is 11.2. The second kappa shape index (κ2) is 12.2. The van der Waals surface area contributed by atoms with Crippen molar-refractivity contribution in [2.75, 3.05) is 24.4 Å². The van der Waals surface area contributed by atoms with E-state index in [-0.39, 0.29) is 12.5 Å². The Balaban J connectivity index is 1.56. The van der Waals surface area contributed by atoms with Crippen LogP contribution in [0.5, 0.6) is 11.5 Å². The van der Waals surface area contributed by atoms with Crippen LogP contribution in [0.3, 0.4) is 0 Å². The second-order valence-corrected chi connectivity index (χ2v) is 8.70. The molecule has 35 heavy (non-hydrogen) atoms. The third-order valence-electron chi connectivity index (χ3n) is 4.95. The third kappa shape index (κ3) is 7.70. The van der Waals surface area contributed by atoms with Crippen molar-refractivity contribution in [2.45, 2.75) is 20.8 Å². The Morgan fingerprint density at radius 2 is 1.77 bits per heavy atom. The molecule has 0 unspecified atom stereocenters. The molecule has 3 N–H and O–H groups in total. The van der Waals surface area contributed by atoms with Gasteiger partial charge in [0.1, 0.15) is 0 Å². The van der Waals surface area contributed by atoms with Gasteiger partial charge in [-0.3, -0.25) is 10.2 Å². The van der Waals surface area contributed by atoms with Crippen LogP contribution in [-0.4, -0.2) is 31.0 Å². The molecule has 3 rings (SSSR count). The van der Waals surface area contributed by atoms with E-state index in [0.717, 1.165) is 33.6 Å². The van der Waals surface area contributed by atoms with E-state index in [9.17, 15) is 4.79 Å². The summed E-state index contributed by atoms with van der Waals surface area (Å²) < 4.78 is 11.1. The molecule has 0 saturated carbocycles. The van der Waals surface area contributed by atoms with Gasteiger partial charge in [-0.15, -0.1) is 0 Å². The van der Waals surface area contributed by atoms with Crippen molar-refractivity contribution in [2.24, 2.45) is 5.10 Å². The highest BCUT2D eigenvalue weighted by molar-refractivity contribution is 7.80. The van der Waals surface area contributed by atoms with Gasteiger partial charge in [0.25, 0.3) is 5.91 Å². The number of aryl methyl sites for hydroxylation is 3. The van der Waals surface area contributed by atoms with Crippen LogP contribution >= 0.6 is 23.8 Å². The number of carbonyl (C=O) groups is 1. The second-order valence-electron chi connectivity index (χ2n) is 7.86. The maximum absolute atomic E-state index is 12.5. The first-order valence-corrected chi connectivity index (χ1v) is 11.6. The number of amides is 1. The quantitative estimate of drug-likeness (QED) is 0.207. The van der Waals surface area contributed by atoms with Crippen molar-refractivity contribution in [1.29, 1.82) is 0 Å². The van der Waals surface area contributed by atoms with Gasteiger partial charge in [-0.25, -0.2) is 0 Å². The Hall–Kier alpha value is -3.62. The molecule has 9 heteroatoms. The van der Waals surface area contributed by atoms with Crippen molar-refractivity contribution in [3.63, 3.8) is 0 Å². The van der Waals surface area contributed by atoms with Gasteiger partial charge in [0.2, 0.25) is 0 Å². The van der Waals surface area contributed by atoms with Crippen LogP contribution in [0.2, 0.25) is 5.02 Å². The van der Waals surface area contributed by atoms with Crippen molar-refractivity contribution >= 4 is 52.4 Å². The Bertz CT molecular complexity index is 1240. The Kier molecular flexibility index (Phi) is 9.05. The topological polar surface area (TPSA) is 84.0 Å². The maximum atomic E-state index is 12.5. The molecular weight excluding hydrogens is 484 g/mol. The summed E-state index contributed by atoms with van der Waals surface area (Å²) in [6.45, 7) is 5.81. The number of nitrogens with one attached hydrogen (secondary N) is 3. The Morgan fingerprint density at radius 3 is 2.46 bits per heavy atom. The molecule has 0 atom stereocenters. The molecule has 3 aromatic rings. The van der Waals surface area contributed by atoms with Gasteiger partial charge in [-0.2, -0.15) is 5.10 Å². The first-order valence-electron chi connectivity index (χ1n) is 10.8. The van der Waals surface area contributed by atoms with Gasteiger partial charge < -0.3 is 20.1 Å². The largest absolute Gasteiger partial charge is 0.493 e. The predicted molar refractivity (Wildman–Crippen MR) is 146 cm³/mol. The summed E-state index contributed by atoms with van der Waals surface area (Å²) in [6, 6.07) is 16.5. The van der Waals surface area contributed by atoms with Crippen LogP contribution in [-0.2, 0) is 4.79 Å². The fraction of sp³-hybridized carbons (Fsp3) is 0.192. The monoisotopic (exact) mass is 510 g/mol. The zero-order chi connectivity index (χ0) is 25.4. The van der Waals surface area contributed by atoms with Gasteiger partial charge in [-0.05, 0) is 86.1 Å². The van der Waals surface area contributed by atoms with Crippen molar-refractivity contribution in [3.8, 4) is 11.5 Å². The van der Waals surface area contributed by atoms with Gasteiger partial charge in [0.05, 0.1) is 13.3 Å². The van der Waals surface area contributed by atoms with Crippen LogP contribution in [0.15, 0.2) is 59.7 Å². The average Bonchev–Trinajstić information content (AvgIpc) is 2.80. The van der Waals surface area contributed by atoms with Crippen LogP contribution in [0, 0.1) is 20.8 Å². The lowest BCUT2D eigenvalue weighted by molar-refractivity contribution is -0.118. The average molecular weight is 511 g/mol. The highest BCUT2D eigenvalue weighted by Crippen LogP contribution is 2.28. The SMILES string of the molecule is COc1cc(/C=N/NC(=S)Nc2cccc(Cl)c2)ccc1OCC(=O)Nc1c(C)cc(C)cc1C. The van der Waals surface area contributed by atoms with E-state index in [2.05, 4.69) is 21.2 Å². The number of hydrogen-bond donors (Lipinski definition) is 3. The minimum atomic E-state index is -0.252. The molecule has 0 fully saturated rings. The molecule has 182 valence electrons. The molecule has 0 bridgehead atoms. The molecule has 1 amide bonds. The van der Waals surface area contributed by atoms with E-state index in [4.69, 9.17) is 33.3 Å². The minimum absolute atomic E-state index is 0.151. The first kappa shape index (κ1) is 26.0. The number of hydrogen-bond acceptors (Lipinski definition) is 5. The zero-order valence-electron chi connectivity index (χ0n) is 19.9. The molecule has 0 saturated heterocycles. The van der Waals surface area contributed by atoms with Crippen molar-refractivity contribution in [3.05, 3.63) is 81.9 Å². The summed E-state index contributed by atoms with van der Waals surface area (Å²) in [5.41, 5.74) is 8.22. The summed E-state index contributed by atoms with van der Waals surface area (Å²) in [6.07, 6.45) is 1.59. The van der Waals surface area contributed by atoms with Crippen molar-refractivity contribution in [1.82, 2.24) is 5.43 Å². The normalized spacial score (nSPS) is 10.7. The van der Waals surface area contributed by atoms with Gasteiger partial charge >= 0.3 is 0 Å². The number of ether oxygens (including phenoxy) is 2. The number of halogens is 1. The number of carbonyl (C=O) groups excluding carboxylic acids is 1. The molecule has 0 radical (unpaired) electrons. The van der Waals surface area contributed by atoms with Gasteiger partial charge in [0.15, 0.2) is 23.2 Å². The van der Waals surface area contributed by atoms with E-state index in [1.807, 2.05) is 45.0 Å². The highest BCUT2D eigenvalue weighted by atomic mass is 35.5. The number of anilines is 2. The summed E-state index contributed by atoms with van der Waals surface area (Å²) in [7, 11) is 1.53. The lowest BCUT2D eigenvalue weighted by Gasteiger charge is -2.14. The molecule has 0 heterocycles. The van der Waals surface area contributed by atoms with Crippen LogP contribution in [0.4, 0.5) is 11.4 Å². The Morgan fingerprint density at radius 1 is 1.03 bits per heavy atom. The molecule has 3 aromatic carbocycles. The summed E-state index contributed by atoms with van der Waals surface area (Å²) in [5.74, 6) is 0.671. The molecule has 0 aliphatic carbocycles. The fourth-order valence-electron chi connectivity index (χ4n) is 3.47. The number of hydrazone groups is 1. The van der Waals surface area contributed by atoms with E-state index < -0.39 is 0 Å². The van der Waals surface area contributed by atoms with E-state index in [0.29, 0.717) is 21.6 Å². The third-order valence-corrected chi connectivity index (χ3v) is 5.38. The first-order chi connectivity index (χ1) is 16.7. The number of benzene rings is 3. The van der Waals surface area contributed by atoms with E-state index >= 15 is 0 Å². The highest BCUT2D eigenvalue weighted by Gasteiger charge is 2.11. The maximum Gasteiger partial charge on any atom is 0.262 e. The fourth-order valence-corrected chi connectivity index (χ4v) is 3.83. The lowest BCUT2D eigenvalue weighted by Crippen LogP contribution is -2.23. The molecule has 0 aliphatic heterocycles. The number of rotatable bonds is 8. The summed E-state index contributed by atoms with van der Waals surface area (Å²) in [4.78, 5) is 12.5. The Labute approximate surface area is 215 Å². The van der Waals surface area contributed by atoms with Crippen molar-refractivity contribution < 1.29 is 14.3 Å². The van der Waals surface area contributed by atoms with Crippen LogP contribution in [0.25, 0.3) is 0 Å². The predicted octanol–water partition coefficient (Wildman–Crippen LogP) is 5.61. The van der Waals surface area contributed by atoms with Gasteiger partial charge in [-0.1, -0.05) is 35.4 Å². The molecular formula is C26H27ClN4O3S. The van der Waals surface area contributed by atoms with E-state index in [1.165, 1.54) is 7.11 Å². The van der Waals surface area contributed by atoms with Crippen LogP contribution < -0.4 is 25.5 Å². The molecule has 7 nitrogen and oxygen atoms in total. The molecule has 0 aliphatic rings. The smallest absolute Gasteiger partial charge is 0.262 e. The zero-order valence-corrected chi connectivity index (χ0v) is 21.5. The summed E-state index contributed by atoms with van der Waals surface area (Å²) in [5, 5.41) is 11.0.